The number of carboxylic acid groups (broad SMARTS) is 1. The molecule has 0 aliphatic carbocycles. The number of primary amides is 1. The molecule has 0 aromatic heterocycles. The third-order valence-electron chi connectivity index (χ3n) is 5.79. The zero-order valence-electron chi connectivity index (χ0n) is 23.6. The van der Waals surface area contributed by atoms with Gasteiger partial charge in [0.15, 0.2) is 0 Å². The maximum atomic E-state index is 10.6. The van der Waals surface area contributed by atoms with E-state index in [0.29, 0.717) is 6.42 Å². The number of unbranched alkanes of at least 4 members (excludes halogenated alkanes) is 14. The summed E-state index contributed by atoms with van der Waals surface area (Å²) in [5.74, 6) is -0.855. The SMILES string of the molecule is CCCCCCCCCCCCCCCCCC(N)=O.CCC[N+](C)(C)CCC(=O)O.O=P([O-])(O)O. The lowest BCUT2D eigenvalue weighted by atomic mass is 10.0. The first-order chi connectivity index (χ1) is 16.7. The lowest BCUT2D eigenvalue weighted by molar-refractivity contribution is -0.889. The molecule has 0 rings (SSSR count). The Morgan fingerprint density at radius 1 is 0.694 bits per heavy atom. The Morgan fingerprint density at radius 2 is 1.03 bits per heavy atom. The van der Waals surface area contributed by atoms with Crippen LogP contribution in [-0.4, -0.2) is 58.4 Å². The summed E-state index contributed by atoms with van der Waals surface area (Å²) < 4.78 is 9.58. The van der Waals surface area contributed by atoms with E-state index < -0.39 is 13.8 Å². The molecule has 5 N–H and O–H groups in total. The highest BCUT2D eigenvalue weighted by molar-refractivity contribution is 7.43. The van der Waals surface area contributed by atoms with Crippen LogP contribution >= 0.6 is 7.82 Å². The topological polar surface area (TPSA) is 161 Å². The number of carbonyl (C=O) groups is 2. The summed E-state index contributed by atoms with van der Waals surface area (Å²) in [6.07, 6.45) is 22.3. The number of carboxylic acids is 1. The van der Waals surface area contributed by atoms with E-state index in [-0.39, 0.29) is 12.3 Å². The monoisotopic (exact) mass is 540 g/mol. The van der Waals surface area contributed by atoms with Crippen LogP contribution in [0, 0.1) is 0 Å². The van der Waals surface area contributed by atoms with Gasteiger partial charge in [-0.25, -0.2) is 0 Å². The number of nitrogens with zero attached hydrogens (tertiary/aromatic N) is 1. The number of phosphoric acid groups is 1. The molecule has 0 aliphatic rings. The van der Waals surface area contributed by atoms with E-state index in [1.807, 2.05) is 0 Å². The fourth-order valence-corrected chi connectivity index (χ4v) is 3.79. The molecule has 0 aliphatic heterocycles. The van der Waals surface area contributed by atoms with Crippen LogP contribution in [0.25, 0.3) is 0 Å². The van der Waals surface area contributed by atoms with Crippen molar-refractivity contribution in [1.29, 1.82) is 0 Å². The Morgan fingerprint density at radius 3 is 1.31 bits per heavy atom. The van der Waals surface area contributed by atoms with Gasteiger partial charge >= 0.3 is 5.97 Å². The van der Waals surface area contributed by atoms with Crippen LogP contribution in [0.4, 0.5) is 0 Å². The van der Waals surface area contributed by atoms with Crippen molar-refractivity contribution in [2.75, 3.05) is 27.2 Å². The molecule has 0 saturated carbocycles. The van der Waals surface area contributed by atoms with E-state index in [0.717, 1.165) is 30.4 Å². The van der Waals surface area contributed by atoms with Crippen molar-refractivity contribution in [3.63, 3.8) is 0 Å². The van der Waals surface area contributed by atoms with Crippen LogP contribution in [0.5, 0.6) is 0 Å². The molecule has 9 nitrogen and oxygen atoms in total. The van der Waals surface area contributed by atoms with Gasteiger partial charge in [-0.05, 0) is 12.8 Å². The number of nitrogens with two attached hydrogens (primary N) is 1. The van der Waals surface area contributed by atoms with Crippen LogP contribution in [0.15, 0.2) is 0 Å². The molecule has 0 bridgehead atoms. The molecular formula is C26H57N2O7P. The highest BCUT2D eigenvalue weighted by atomic mass is 31.2. The molecule has 0 unspecified atom stereocenters. The highest BCUT2D eigenvalue weighted by Gasteiger charge is 2.14. The van der Waals surface area contributed by atoms with Gasteiger partial charge in [0, 0.05) is 6.42 Å². The number of quaternary nitrogens is 1. The average Bonchev–Trinajstić information content (AvgIpc) is 2.74. The van der Waals surface area contributed by atoms with Crippen LogP contribution in [0.1, 0.15) is 129 Å². The van der Waals surface area contributed by atoms with Gasteiger partial charge in [-0.1, -0.05) is 104 Å². The van der Waals surface area contributed by atoms with Crippen molar-refractivity contribution < 1.29 is 38.4 Å². The molecule has 218 valence electrons. The van der Waals surface area contributed by atoms with Gasteiger partial charge in [0.25, 0.3) is 7.82 Å². The Kier molecular flexibility index (Phi) is 29.7. The van der Waals surface area contributed by atoms with E-state index in [9.17, 15) is 9.59 Å². The Hall–Kier alpha value is -0.990. The summed E-state index contributed by atoms with van der Waals surface area (Å²) in [6.45, 7) is 6.16. The predicted octanol–water partition coefficient (Wildman–Crippen LogP) is 5.12. The summed E-state index contributed by atoms with van der Waals surface area (Å²) in [7, 11) is -0.765. The molecule has 0 aromatic carbocycles. The number of carbonyl (C=O) groups excluding carboxylic acids is 1. The number of aliphatic carboxylic acids is 1. The fourth-order valence-electron chi connectivity index (χ4n) is 3.79. The summed E-state index contributed by atoms with van der Waals surface area (Å²) in [6, 6.07) is 0. The van der Waals surface area contributed by atoms with Crippen molar-refractivity contribution in [1.82, 2.24) is 0 Å². The normalized spacial score (nSPS) is 11.2. The van der Waals surface area contributed by atoms with Crippen LogP contribution in [0.3, 0.4) is 0 Å². The summed E-state index contributed by atoms with van der Waals surface area (Å²) in [5, 5.41) is 8.44. The standard InChI is InChI=1S/C18H37NO.C8H17NO2.H3O4P/c1-2-3-4-5-6-7-8-9-10-11-12-13-14-15-16-17-18(19)20;1-4-6-9(2,3)7-5-8(10)11;1-5(2,3)4/h2-17H2,1H3,(H2,19,20);4-7H2,1-3H3;(H3,1,2,3,4). The third kappa shape index (κ3) is 50.0. The molecule has 36 heavy (non-hydrogen) atoms. The first kappa shape index (κ1) is 39.5. The first-order valence-electron chi connectivity index (χ1n) is 13.8. The van der Waals surface area contributed by atoms with E-state index >= 15 is 0 Å². The lowest BCUT2D eigenvalue weighted by Crippen LogP contribution is -2.41. The Bertz CT molecular complexity index is 546. The maximum absolute atomic E-state index is 10.6. The minimum atomic E-state index is -4.89. The second-order valence-corrected chi connectivity index (χ2v) is 11.2. The first-order valence-corrected chi connectivity index (χ1v) is 15.4. The van der Waals surface area contributed by atoms with E-state index in [2.05, 4.69) is 27.9 Å². The van der Waals surface area contributed by atoms with Gasteiger partial charge in [-0.3, -0.25) is 14.2 Å². The van der Waals surface area contributed by atoms with Gasteiger partial charge in [0.05, 0.1) is 33.6 Å². The number of amides is 1. The molecule has 0 saturated heterocycles. The molecule has 0 atom stereocenters. The van der Waals surface area contributed by atoms with Crippen molar-refractivity contribution in [3.8, 4) is 0 Å². The average molecular weight is 541 g/mol. The third-order valence-corrected chi connectivity index (χ3v) is 5.79. The minimum absolute atomic E-state index is 0.153. The molecular weight excluding hydrogens is 483 g/mol. The minimum Gasteiger partial charge on any atom is -0.756 e. The van der Waals surface area contributed by atoms with E-state index in [1.165, 1.54) is 89.9 Å². The predicted molar refractivity (Wildman–Crippen MR) is 145 cm³/mol. The van der Waals surface area contributed by atoms with Crippen LogP contribution in [-0.2, 0) is 14.2 Å². The zero-order chi connectivity index (χ0) is 28.3. The summed E-state index contributed by atoms with van der Waals surface area (Å²) >= 11 is 0. The number of rotatable bonds is 21. The second-order valence-electron chi connectivity index (χ2n) is 10.2. The maximum Gasteiger partial charge on any atom is 0.309 e. The second kappa shape index (κ2) is 27.1. The smallest absolute Gasteiger partial charge is 0.309 e. The van der Waals surface area contributed by atoms with Crippen LogP contribution < -0.4 is 10.6 Å². The van der Waals surface area contributed by atoms with Gasteiger partial charge in [-0.15, -0.1) is 0 Å². The van der Waals surface area contributed by atoms with Gasteiger partial charge in [-0.2, -0.15) is 0 Å². The Labute approximate surface area is 220 Å². The molecule has 0 aromatic rings. The van der Waals surface area contributed by atoms with Crippen molar-refractivity contribution >= 4 is 19.7 Å². The number of hydrogen-bond acceptors (Lipinski definition) is 4. The van der Waals surface area contributed by atoms with Gasteiger partial charge in [0.1, 0.15) is 0 Å². The van der Waals surface area contributed by atoms with Crippen molar-refractivity contribution in [3.05, 3.63) is 0 Å². The molecule has 10 heteroatoms. The Balaban J connectivity index is -0.000000566. The quantitative estimate of drug-likeness (QED) is 0.0892. The van der Waals surface area contributed by atoms with Gasteiger partial charge in [0.2, 0.25) is 5.91 Å². The molecule has 0 fully saturated rings. The largest absolute Gasteiger partial charge is 0.756 e. The van der Waals surface area contributed by atoms with Crippen molar-refractivity contribution in [2.24, 2.45) is 5.73 Å². The molecule has 0 spiro atoms. The summed E-state index contributed by atoms with van der Waals surface area (Å²) in [5.41, 5.74) is 5.11. The molecule has 1 amide bonds. The number of hydrogen-bond donors (Lipinski definition) is 4. The fraction of sp³-hybridized carbons (Fsp3) is 0.923. The van der Waals surface area contributed by atoms with E-state index in [4.69, 9.17) is 30.1 Å². The van der Waals surface area contributed by atoms with E-state index in [1.54, 1.807) is 0 Å². The molecule has 0 heterocycles. The zero-order valence-corrected chi connectivity index (χ0v) is 24.5. The van der Waals surface area contributed by atoms with Crippen molar-refractivity contribution in [2.45, 2.75) is 129 Å². The molecule has 0 radical (unpaired) electrons. The highest BCUT2D eigenvalue weighted by Crippen LogP contribution is 2.19. The summed E-state index contributed by atoms with van der Waals surface area (Å²) in [4.78, 5) is 43.7. The van der Waals surface area contributed by atoms with Gasteiger partial charge < -0.3 is 30.0 Å². The lowest BCUT2D eigenvalue weighted by Gasteiger charge is -2.28. The van der Waals surface area contributed by atoms with Crippen LogP contribution in [0.2, 0.25) is 0 Å².